The van der Waals surface area contributed by atoms with Crippen LogP contribution >= 0.6 is 0 Å². The molecule has 1 aromatic carbocycles. The molecule has 3 amide bonds. The van der Waals surface area contributed by atoms with Crippen LogP contribution in [-0.2, 0) is 27.7 Å². The molecule has 0 radical (unpaired) electrons. The van der Waals surface area contributed by atoms with Gasteiger partial charge in [0.1, 0.15) is 5.54 Å². The Kier molecular flexibility index (Phi) is 5.99. The Bertz CT molecular complexity index is 1040. The quantitative estimate of drug-likeness (QED) is 0.662. The van der Waals surface area contributed by atoms with E-state index in [1.807, 2.05) is 17.0 Å². The van der Waals surface area contributed by atoms with Crippen LogP contribution in [0.5, 0.6) is 0 Å². The minimum atomic E-state index is -3.54. The third-order valence-corrected chi connectivity index (χ3v) is 10.1. The van der Waals surface area contributed by atoms with Crippen molar-refractivity contribution in [2.24, 2.45) is 5.92 Å². The van der Waals surface area contributed by atoms with E-state index in [0.717, 1.165) is 44.1 Å². The van der Waals surface area contributed by atoms with E-state index in [2.05, 4.69) is 12.2 Å². The summed E-state index contributed by atoms with van der Waals surface area (Å²) in [4.78, 5) is 29.5. The summed E-state index contributed by atoms with van der Waals surface area (Å²) in [5, 5.41) is 2.98. The molecule has 0 bridgehead atoms. The zero-order valence-electron chi connectivity index (χ0n) is 19.4. The lowest BCUT2D eigenvalue weighted by Gasteiger charge is -2.36. The number of rotatable bonds is 5. The normalized spacial score (nSPS) is 29.0. The number of hydrogen-bond donors (Lipinski definition) is 1. The Morgan fingerprint density at radius 2 is 1.73 bits per heavy atom. The first kappa shape index (κ1) is 22.8. The molecule has 33 heavy (non-hydrogen) atoms. The van der Waals surface area contributed by atoms with E-state index in [1.165, 1.54) is 14.8 Å². The molecule has 0 aromatic heterocycles. The molecular weight excluding hydrogens is 440 g/mol. The first-order valence-corrected chi connectivity index (χ1v) is 13.7. The van der Waals surface area contributed by atoms with Crippen molar-refractivity contribution < 1.29 is 18.0 Å². The van der Waals surface area contributed by atoms with E-state index in [-0.39, 0.29) is 18.6 Å². The molecule has 8 nitrogen and oxygen atoms in total. The van der Waals surface area contributed by atoms with Gasteiger partial charge in [0.05, 0.1) is 11.6 Å². The first-order chi connectivity index (χ1) is 15.8. The Morgan fingerprint density at radius 3 is 2.42 bits per heavy atom. The third-order valence-electron chi connectivity index (χ3n) is 8.16. The van der Waals surface area contributed by atoms with Crippen LogP contribution in [0.3, 0.4) is 0 Å². The molecule has 0 atom stereocenters. The topological polar surface area (TPSA) is 90.0 Å². The van der Waals surface area contributed by atoms with Crippen LogP contribution in [0.1, 0.15) is 56.6 Å². The van der Waals surface area contributed by atoms with Gasteiger partial charge in [-0.05, 0) is 74.1 Å². The molecule has 3 fully saturated rings. The maximum atomic E-state index is 13.2. The highest BCUT2D eigenvalue weighted by Gasteiger charge is 2.52. The second-order valence-corrected chi connectivity index (χ2v) is 12.0. The zero-order chi connectivity index (χ0) is 23.2. The maximum absolute atomic E-state index is 13.2. The van der Waals surface area contributed by atoms with E-state index < -0.39 is 15.6 Å². The SMILES string of the molecule is CCC1CCC2(CC1)NC(=O)N(CN1CCN(S(=O)(=O)c3ccc4c(c3)CCC4)CC1)C2=O. The molecule has 5 rings (SSSR count). The fourth-order valence-electron chi connectivity index (χ4n) is 5.89. The maximum Gasteiger partial charge on any atom is 0.326 e. The molecule has 2 aliphatic heterocycles. The number of benzene rings is 1. The molecular formula is C24H34N4O4S. The van der Waals surface area contributed by atoms with Gasteiger partial charge in [-0.2, -0.15) is 4.31 Å². The molecule has 1 saturated carbocycles. The number of imide groups is 1. The largest absolute Gasteiger partial charge is 0.326 e. The number of hydrogen-bond acceptors (Lipinski definition) is 5. The van der Waals surface area contributed by atoms with Gasteiger partial charge in [-0.15, -0.1) is 0 Å². The molecule has 2 saturated heterocycles. The van der Waals surface area contributed by atoms with Gasteiger partial charge in [-0.1, -0.05) is 19.4 Å². The van der Waals surface area contributed by atoms with Crippen molar-refractivity contribution >= 4 is 22.0 Å². The molecule has 1 spiro atoms. The summed E-state index contributed by atoms with van der Waals surface area (Å²) in [7, 11) is -3.54. The van der Waals surface area contributed by atoms with Gasteiger partial charge < -0.3 is 5.32 Å². The predicted molar refractivity (Wildman–Crippen MR) is 124 cm³/mol. The van der Waals surface area contributed by atoms with E-state index in [4.69, 9.17) is 0 Å². The molecule has 0 unspecified atom stereocenters. The van der Waals surface area contributed by atoms with E-state index in [1.54, 1.807) is 6.07 Å². The van der Waals surface area contributed by atoms with Crippen LogP contribution in [-0.4, -0.2) is 72.8 Å². The zero-order valence-corrected chi connectivity index (χ0v) is 20.2. The molecule has 1 aromatic rings. The average molecular weight is 475 g/mol. The van der Waals surface area contributed by atoms with Crippen molar-refractivity contribution in [2.75, 3.05) is 32.8 Å². The smallest absolute Gasteiger partial charge is 0.323 e. The molecule has 9 heteroatoms. The van der Waals surface area contributed by atoms with Crippen LogP contribution < -0.4 is 5.32 Å². The predicted octanol–water partition coefficient (Wildman–Crippen LogP) is 2.33. The summed E-state index contributed by atoms with van der Waals surface area (Å²) >= 11 is 0. The summed E-state index contributed by atoms with van der Waals surface area (Å²) in [6.45, 7) is 4.08. The summed E-state index contributed by atoms with van der Waals surface area (Å²) in [6.07, 6.45) is 7.52. The van der Waals surface area contributed by atoms with Gasteiger partial charge in [0, 0.05) is 26.2 Å². The van der Waals surface area contributed by atoms with Crippen LogP contribution in [0.2, 0.25) is 0 Å². The van der Waals surface area contributed by atoms with Crippen molar-refractivity contribution in [1.29, 1.82) is 0 Å². The van der Waals surface area contributed by atoms with Crippen molar-refractivity contribution in [1.82, 2.24) is 19.4 Å². The molecule has 2 heterocycles. The van der Waals surface area contributed by atoms with Crippen LogP contribution in [0.25, 0.3) is 0 Å². The second-order valence-electron chi connectivity index (χ2n) is 10.0. The number of amides is 3. The summed E-state index contributed by atoms with van der Waals surface area (Å²) in [5.74, 6) is 0.519. The number of nitrogens with one attached hydrogen (secondary N) is 1. The minimum absolute atomic E-state index is 0.116. The Hall–Kier alpha value is -1.97. The Balaban J connectivity index is 1.19. The number of fused-ring (bicyclic) bond motifs is 1. The van der Waals surface area contributed by atoms with Crippen LogP contribution in [0, 0.1) is 5.92 Å². The van der Waals surface area contributed by atoms with Gasteiger partial charge >= 0.3 is 6.03 Å². The molecule has 1 N–H and O–H groups in total. The van der Waals surface area contributed by atoms with Crippen LogP contribution in [0.4, 0.5) is 4.79 Å². The highest BCUT2D eigenvalue weighted by atomic mass is 32.2. The number of piperazine rings is 1. The molecule has 180 valence electrons. The van der Waals surface area contributed by atoms with Gasteiger partial charge in [0.15, 0.2) is 0 Å². The fourth-order valence-corrected chi connectivity index (χ4v) is 7.36. The standard InChI is InChI=1S/C24H34N4O4S/c1-2-18-8-10-24(11-9-18)22(29)28(23(30)25-24)17-26-12-14-27(15-13-26)33(31,32)21-7-6-19-4-3-5-20(19)16-21/h6-7,16,18H,2-5,8-15,17H2,1H3,(H,25,30). The highest BCUT2D eigenvalue weighted by Crippen LogP contribution is 2.37. The Morgan fingerprint density at radius 1 is 1.03 bits per heavy atom. The number of carbonyl (C=O) groups excluding carboxylic acids is 2. The molecule has 4 aliphatic rings. The monoisotopic (exact) mass is 474 g/mol. The number of urea groups is 1. The highest BCUT2D eigenvalue weighted by molar-refractivity contribution is 7.89. The second kappa shape index (κ2) is 8.67. The van der Waals surface area contributed by atoms with Crippen molar-refractivity contribution in [3.63, 3.8) is 0 Å². The summed E-state index contributed by atoms with van der Waals surface area (Å²) in [6, 6.07) is 5.20. The van der Waals surface area contributed by atoms with Crippen molar-refractivity contribution in [3.8, 4) is 0 Å². The van der Waals surface area contributed by atoms with Crippen molar-refractivity contribution in [3.05, 3.63) is 29.3 Å². The third kappa shape index (κ3) is 4.08. The van der Waals surface area contributed by atoms with E-state index in [9.17, 15) is 18.0 Å². The van der Waals surface area contributed by atoms with Gasteiger partial charge in [0.25, 0.3) is 5.91 Å². The Labute approximate surface area is 196 Å². The number of sulfonamides is 1. The van der Waals surface area contributed by atoms with Gasteiger partial charge in [-0.3, -0.25) is 9.69 Å². The van der Waals surface area contributed by atoms with E-state index >= 15 is 0 Å². The fraction of sp³-hybridized carbons (Fsp3) is 0.667. The van der Waals surface area contributed by atoms with Crippen molar-refractivity contribution in [2.45, 2.75) is 68.7 Å². The van der Waals surface area contributed by atoms with Gasteiger partial charge in [0.2, 0.25) is 10.0 Å². The number of nitrogens with zero attached hydrogens (tertiary/aromatic N) is 3. The number of aryl methyl sites for hydroxylation is 2. The summed E-state index contributed by atoms with van der Waals surface area (Å²) < 4.78 is 27.9. The van der Waals surface area contributed by atoms with E-state index in [0.29, 0.717) is 49.8 Å². The summed E-state index contributed by atoms with van der Waals surface area (Å²) in [5.41, 5.74) is 1.67. The lowest BCUT2D eigenvalue weighted by Crippen LogP contribution is -2.53. The molecule has 2 aliphatic carbocycles. The lowest BCUT2D eigenvalue weighted by molar-refractivity contribution is -0.134. The van der Waals surface area contributed by atoms with Gasteiger partial charge in [-0.25, -0.2) is 18.1 Å². The van der Waals surface area contributed by atoms with Crippen LogP contribution in [0.15, 0.2) is 23.1 Å². The lowest BCUT2D eigenvalue weighted by atomic mass is 9.75. The average Bonchev–Trinajstić information content (AvgIpc) is 3.38. The minimum Gasteiger partial charge on any atom is -0.323 e. The first-order valence-electron chi connectivity index (χ1n) is 12.3. The number of carbonyl (C=O) groups is 2.